The van der Waals surface area contributed by atoms with Crippen molar-refractivity contribution < 1.29 is 69.9 Å². The fraction of sp³-hybridized carbons (Fsp3) is 0.156. The second-order valence-corrected chi connectivity index (χ2v) is 13.7. The first-order valence-electron chi connectivity index (χ1n) is 14.5. The molecule has 3 aromatic rings. The van der Waals surface area contributed by atoms with Crippen LogP contribution in [0.3, 0.4) is 0 Å². The molecule has 1 aliphatic rings. The van der Waals surface area contributed by atoms with E-state index in [-0.39, 0.29) is 18.5 Å². The minimum absolute atomic E-state index is 0.115. The molecule has 0 radical (unpaired) electrons. The van der Waals surface area contributed by atoms with Crippen molar-refractivity contribution >= 4 is 49.7 Å². The summed E-state index contributed by atoms with van der Waals surface area (Å²) in [5, 5.41) is 32.9. The fourth-order valence-corrected chi connectivity index (χ4v) is 6.03. The predicted octanol–water partition coefficient (Wildman–Crippen LogP) is 1.89. The molecule has 2 heterocycles. The second kappa shape index (κ2) is 14.6. The van der Waals surface area contributed by atoms with E-state index in [1.165, 1.54) is 19.1 Å². The van der Waals surface area contributed by atoms with Crippen molar-refractivity contribution in [3.63, 3.8) is 0 Å². The number of carbonyl (C=O) groups excluding carboxylic acids is 4. The van der Waals surface area contributed by atoms with Gasteiger partial charge in [-0.25, -0.2) is 19.1 Å². The number of methoxy groups -OCH3 is 2. The highest BCUT2D eigenvalue weighted by Gasteiger charge is 2.42. The lowest BCUT2D eigenvalue weighted by atomic mass is 9.98. The van der Waals surface area contributed by atoms with E-state index in [4.69, 9.17) is 0 Å². The van der Waals surface area contributed by atoms with Gasteiger partial charge in [-0.15, -0.1) is 0 Å². The molecule has 4 rings (SSSR count). The van der Waals surface area contributed by atoms with E-state index >= 15 is 0 Å². The number of pyridine rings is 1. The van der Waals surface area contributed by atoms with Gasteiger partial charge in [0.25, 0.3) is 37.6 Å². The van der Waals surface area contributed by atoms with Crippen LogP contribution < -0.4 is 10.5 Å². The topological polar surface area (TPSA) is 281 Å². The molecule has 0 unspecified atom stereocenters. The molecular formula is C32H28N2O16S2. The molecule has 0 saturated carbocycles. The number of hydrogen-bond donors (Lipinski definition) is 5. The summed E-state index contributed by atoms with van der Waals surface area (Å²) in [5.41, 5.74) is -4.61. The quantitative estimate of drug-likeness (QED) is 0.0648. The number of nitrogens with zero attached hydrogens (tertiary/aromatic N) is 2. The van der Waals surface area contributed by atoms with E-state index in [2.05, 4.69) is 9.47 Å². The van der Waals surface area contributed by atoms with Crippen LogP contribution in [0.15, 0.2) is 97.7 Å². The van der Waals surface area contributed by atoms with Gasteiger partial charge in [0.1, 0.15) is 11.5 Å². The van der Waals surface area contributed by atoms with Crippen molar-refractivity contribution in [2.45, 2.75) is 29.6 Å². The summed E-state index contributed by atoms with van der Waals surface area (Å²) in [6, 6.07) is 8.11. The molecule has 5 N–H and O–H groups in total. The van der Waals surface area contributed by atoms with E-state index in [0.29, 0.717) is 15.0 Å². The van der Waals surface area contributed by atoms with Crippen molar-refractivity contribution in [1.29, 1.82) is 0 Å². The number of hydrogen-bond acceptors (Lipinski definition) is 14. The van der Waals surface area contributed by atoms with Gasteiger partial charge < -0.3 is 24.8 Å². The molecule has 0 fully saturated rings. The Morgan fingerprint density at radius 3 is 1.88 bits per heavy atom. The number of benzene rings is 2. The van der Waals surface area contributed by atoms with Crippen molar-refractivity contribution in [2.75, 3.05) is 19.1 Å². The average molecular weight is 761 g/mol. The highest BCUT2D eigenvalue weighted by Crippen LogP contribution is 2.34. The maximum Gasteiger partial charge on any atom is 0.347 e. The number of aromatic nitrogens is 1. The van der Waals surface area contributed by atoms with Gasteiger partial charge in [-0.3, -0.25) is 23.5 Å². The molecule has 274 valence electrons. The Balaban J connectivity index is 1.79. The number of aliphatic hydroxyl groups is 1. The van der Waals surface area contributed by atoms with E-state index in [9.17, 15) is 65.2 Å². The molecule has 0 bridgehead atoms. The van der Waals surface area contributed by atoms with Crippen LogP contribution in [0.1, 0.15) is 29.3 Å². The third-order valence-corrected chi connectivity index (χ3v) is 9.29. The highest BCUT2D eigenvalue weighted by atomic mass is 32.2. The van der Waals surface area contributed by atoms with Gasteiger partial charge in [0.05, 0.1) is 46.5 Å². The predicted molar refractivity (Wildman–Crippen MR) is 177 cm³/mol. The van der Waals surface area contributed by atoms with Gasteiger partial charge in [-0.1, -0.05) is 23.8 Å². The number of amides is 2. The third kappa shape index (κ3) is 7.49. The van der Waals surface area contributed by atoms with Crippen molar-refractivity contribution in [3.8, 4) is 17.3 Å². The Kier molecular flexibility index (Phi) is 10.9. The Hall–Kier alpha value is -6.09. The standard InChI is InChI=1S/C32H28N2O16S2/c1-16(10-12-21-25(35)23(31(41)49-2)29(39)33(27(21)37)17-6-4-8-19(14-17)51(43,44)45)11-13-22-26(36)24(32(42)50-3)30(40)34(28(22)38)18-7-5-9-20(15-18)52(46,47)48/h4-10,12,14-15,35-36,38H,11,13H2,1-3H3,(H,43,44,45)(H,46,47,48)/b16-10?,21-12-. The van der Waals surface area contributed by atoms with Crippen LogP contribution in [0, 0.1) is 0 Å². The molecular weight excluding hydrogens is 732 g/mol. The van der Waals surface area contributed by atoms with E-state index < -0.39 is 105 Å². The smallest absolute Gasteiger partial charge is 0.347 e. The average Bonchev–Trinajstić information content (AvgIpc) is 3.07. The molecule has 1 aliphatic heterocycles. The number of ether oxygens (including phenoxy) is 2. The SMILES string of the molecule is COC(=O)C1=C(O)/C(=C/C=C(C)CCc2c(O)c(C(=O)OC)c(=O)n(-c3cccc(S(=O)(=O)O)c3)c2O)C(=O)N(c2cccc(S(=O)(=O)O)c2)C1=O. The number of rotatable bonds is 10. The molecule has 0 atom stereocenters. The monoisotopic (exact) mass is 760 g/mol. The van der Waals surface area contributed by atoms with Gasteiger partial charge in [0, 0.05) is 0 Å². The summed E-state index contributed by atoms with van der Waals surface area (Å²) in [7, 11) is -7.75. The molecule has 2 amide bonds. The van der Waals surface area contributed by atoms with Gasteiger partial charge in [0.15, 0.2) is 11.1 Å². The number of aliphatic hydroxyl groups excluding tert-OH is 1. The molecule has 18 nitrogen and oxygen atoms in total. The van der Waals surface area contributed by atoms with Gasteiger partial charge in [0.2, 0.25) is 5.88 Å². The first-order chi connectivity index (χ1) is 24.2. The van der Waals surface area contributed by atoms with Crippen LogP contribution in [-0.2, 0) is 50.5 Å². The molecule has 1 aromatic heterocycles. The van der Waals surface area contributed by atoms with Crippen LogP contribution in [0.5, 0.6) is 11.6 Å². The van der Waals surface area contributed by atoms with Gasteiger partial charge >= 0.3 is 11.9 Å². The van der Waals surface area contributed by atoms with E-state index in [1.54, 1.807) is 0 Å². The van der Waals surface area contributed by atoms with E-state index in [0.717, 1.165) is 62.8 Å². The third-order valence-electron chi connectivity index (χ3n) is 7.59. The first-order valence-corrected chi connectivity index (χ1v) is 17.3. The number of aromatic hydroxyl groups is 2. The molecule has 20 heteroatoms. The molecule has 2 aromatic carbocycles. The van der Waals surface area contributed by atoms with Crippen molar-refractivity contribution in [1.82, 2.24) is 4.57 Å². The van der Waals surface area contributed by atoms with Crippen LogP contribution in [0.4, 0.5) is 5.69 Å². The van der Waals surface area contributed by atoms with Gasteiger partial charge in [-0.2, -0.15) is 16.8 Å². The summed E-state index contributed by atoms with van der Waals surface area (Å²) in [6.45, 7) is 1.48. The summed E-state index contributed by atoms with van der Waals surface area (Å²) in [4.78, 5) is 64.1. The number of anilines is 1. The summed E-state index contributed by atoms with van der Waals surface area (Å²) < 4.78 is 75.4. The Bertz CT molecular complexity index is 2420. The van der Waals surface area contributed by atoms with Crippen molar-refractivity contribution in [2.24, 2.45) is 0 Å². The summed E-state index contributed by atoms with van der Waals surface area (Å²) in [5.74, 6) is -8.20. The molecule has 52 heavy (non-hydrogen) atoms. The van der Waals surface area contributed by atoms with Gasteiger partial charge in [-0.05, 0) is 62.2 Å². The normalized spacial score (nSPS) is 14.9. The zero-order chi connectivity index (χ0) is 38.9. The Morgan fingerprint density at radius 1 is 0.808 bits per heavy atom. The fourth-order valence-electron chi connectivity index (χ4n) is 4.99. The van der Waals surface area contributed by atoms with E-state index in [1.807, 2.05) is 0 Å². The Morgan fingerprint density at radius 2 is 1.35 bits per heavy atom. The summed E-state index contributed by atoms with van der Waals surface area (Å²) in [6.07, 6.45) is 1.79. The maximum atomic E-state index is 13.5. The molecule has 0 spiro atoms. The largest absolute Gasteiger partial charge is 0.506 e. The lowest BCUT2D eigenvalue weighted by Crippen LogP contribution is -2.45. The minimum Gasteiger partial charge on any atom is -0.506 e. The molecule has 0 saturated heterocycles. The maximum absolute atomic E-state index is 13.5. The zero-order valence-electron chi connectivity index (χ0n) is 27.1. The number of allylic oxidation sites excluding steroid dienone is 3. The number of imide groups is 1. The van der Waals surface area contributed by atoms with Crippen LogP contribution in [0.2, 0.25) is 0 Å². The highest BCUT2D eigenvalue weighted by molar-refractivity contribution is 7.86. The van der Waals surface area contributed by atoms with Crippen LogP contribution in [0.25, 0.3) is 5.69 Å². The number of esters is 2. The lowest BCUT2D eigenvalue weighted by Gasteiger charge is -2.27. The second-order valence-electron chi connectivity index (χ2n) is 10.9. The van der Waals surface area contributed by atoms with Crippen LogP contribution >= 0.6 is 0 Å². The number of carbonyl (C=O) groups is 4. The minimum atomic E-state index is -4.79. The Labute approximate surface area is 294 Å². The lowest BCUT2D eigenvalue weighted by molar-refractivity contribution is -0.138. The molecule has 0 aliphatic carbocycles. The van der Waals surface area contributed by atoms with Crippen molar-refractivity contribution in [3.05, 3.63) is 105 Å². The zero-order valence-corrected chi connectivity index (χ0v) is 28.8. The summed E-state index contributed by atoms with van der Waals surface area (Å²) >= 11 is 0. The van der Waals surface area contributed by atoms with Crippen LogP contribution in [-0.4, -0.2) is 83.8 Å². The first kappa shape index (κ1) is 38.7.